The van der Waals surface area contributed by atoms with Gasteiger partial charge in [0.25, 0.3) is 0 Å². The predicted molar refractivity (Wildman–Crippen MR) is 573 cm³/mol. The highest BCUT2D eigenvalue weighted by Gasteiger charge is 2.43. The van der Waals surface area contributed by atoms with Gasteiger partial charge in [0, 0.05) is 75.5 Å². The van der Waals surface area contributed by atoms with Gasteiger partial charge < -0.3 is 167 Å². The van der Waals surface area contributed by atoms with Gasteiger partial charge in [0.2, 0.25) is 100 Å². The zero-order valence-electron chi connectivity index (χ0n) is 85.9. The van der Waals surface area contributed by atoms with E-state index in [2.05, 4.69) is 147 Å². The molecular weight excluding hydrogens is 2030 g/mol. The first-order chi connectivity index (χ1) is 71.3. The Hall–Kier alpha value is -13.4. The van der Waals surface area contributed by atoms with Gasteiger partial charge in [-0.2, -0.15) is 48.8 Å². The molecule has 1 aromatic carbocycles. The lowest BCUT2D eigenvalue weighted by atomic mass is 9.96. The summed E-state index contributed by atoms with van der Waals surface area (Å²) in [5, 5.41) is 103. The minimum absolute atomic E-state index is 0.000494. The summed E-state index contributed by atoms with van der Waals surface area (Å²) in [6, 6.07) is -13.6. The number of benzene rings is 1. The highest BCUT2D eigenvalue weighted by Crippen LogP contribution is 2.23. The number of H-pyrrole nitrogens is 1. The van der Waals surface area contributed by atoms with E-state index >= 15 is 9.59 Å². The molecule has 1 aromatic heterocycles. The number of carboxylic acid groups (broad SMARTS) is 1. The number of rotatable bonds is 74. The zero-order chi connectivity index (χ0) is 112. The minimum atomic E-state index is -1.51. The number of unbranched alkanes of at least 4 members (excludes halogenated alkanes) is 1. The molecular formula is C91H158N36O19S4. The van der Waals surface area contributed by atoms with Crippen molar-refractivity contribution >= 4 is 185 Å². The minimum Gasteiger partial charge on any atom is -0.480 e. The summed E-state index contributed by atoms with van der Waals surface area (Å²) in [6.45, 7) is 6.93. The molecule has 150 heavy (non-hydrogen) atoms. The molecule has 3 rings (SSSR count). The van der Waals surface area contributed by atoms with E-state index in [1.807, 2.05) is 0 Å². The van der Waals surface area contributed by atoms with Crippen LogP contribution in [0.15, 0.2) is 42.9 Å². The third-order valence-electron chi connectivity index (χ3n) is 24.1. The number of hydrogen-bond donors (Lipinski definition) is 37. The monoisotopic (exact) mass is 2190 g/mol. The number of carboxylic acids is 1. The number of nitrogens with one attached hydrogen (secondary N) is 27. The summed E-state index contributed by atoms with van der Waals surface area (Å²) >= 11 is 11.0. The van der Waals surface area contributed by atoms with Crippen LogP contribution in [-0.2, 0) is 99.1 Å². The van der Waals surface area contributed by atoms with Gasteiger partial charge >= 0.3 is 5.97 Å². The number of carbonyl (C=O) groups is 18. The van der Waals surface area contributed by atoms with Gasteiger partial charge in [0.15, 0.2) is 29.8 Å². The van der Waals surface area contributed by atoms with Crippen molar-refractivity contribution in [1.29, 1.82) is 27.0 Å². The van der Waals surface area contributed by atoms with E-state index in [4.69, 9.17) is 67.2 Å². The maximum atomic E-state index is 15.3. The van der Waals surface area contributed by atoms with Crippen molar-refractivity contribution in [3.8, 4) is 0 Å². The number of aromatic amines is 1. The van der Waals surface area contributed by atoms with E-state index in [9.17, 15) is 81.8 Å². The lowest BCUT2D eigenvalue weighted by Gasteiger charge is -2.32. The number of imidazole rings is 1. The molecule has 17 amide bonds. The summed E-state index contributed by atoms with van der Waals surface area (Å²) in [5.74, 6) is -19.2. The van der Waals surface area contributed by atoms with Gasteiger partial charge in [0.1, 0.15) is 90.6 Å². The predicted octanol–water partition coefficient (Wildman–Crippen LogP) is -8.46. The van der Waals surface area contributed by atoms with E-state index in [-0.39, 0.29) is 209 Å². The molecule has 2 aromatic rings. The van der Waals surface area contributed by atoms with Crippen molar-refractivity contribution in [2.45, 2.75) is 266 Å². The van der Waals surface area contributed by atoms with Crippen molar-refractivity contribution in [1.82, 2.24) is 127 Å². The van der Waals surface area contributed by atoms with Crippen LogP contribution in [0.25, 0.3) is 0 Å². The Labute approximate surface area is 891 Å². The molecule has 2 heterocycles. The molecule has 55 nitrogen and oxygen atoms in total. The average Bonchev–Trinajstić information content (AvgIpc) is 1.65. The third-order valence-corrected chi connectivity index (χ3v) is 26.1. The number of carbonyl (C=O) groups excluding carboxylic acids is 17. The number of nitrogens with zero attached hydrogens (tertiary/aromatic N) is 2. The Balaban J connectivity index is 1.97. The standard InChI is InChI=1S/C91H158N36O19S4/c1-8-49(3)69(126-79(138)59(27-18-36-108-90(100)101)117-76(135)60(30-39-149-6)118-80(139)63(41-52-21-11-10-12-22-52)115-68(129)44-110-71(130)51(5)113-72(131)54(93)46-147)83(142)121-55(24-15-33-105-87(94)95)73(132)111-45-67(128)114-56(25-16-34-106-88(96)97)78(137)125-70(50(4)9-2)84(143)123-64(42-53-43-104-48-112-53)85(144)127-38-20-29-66(127)82(141)120-57(23-13-14-32-92)75(134)124-65(47-148)81(140)119-61(31-40-150-7)77(136)116-58(26-17-35-107-89(98)99)74(133)122-62(86(145)146)28-19-37-109-91(102)103/h10-12,21-22,43,48-51,54-66,69-70,147-148H,8-9,13-20,23-42,44-47,92-93H2,1-7H3,(H,104,112)(H,110,130)(H,111,132)(H,113,131)(H,114,128)(H,115,129)(H,116,136)(H,117,135)(H,118,139)(H,119,140)(H,120,141)(H,121,142)(H,122,133)(H,123,143)(H,124,134)(H,125,137)(H,126,138)(H,145,146)(H4,94,95,105)(H4,96,97,106)(H4,98,99,107)(H4,100,101,108)(H4,102,103,109)/t49-,50-,51-,54-,55-,56-,57-,58-,59-,60-,61-,62-,63-,64-,65-,66-,69-,70-/m0/s1. The Morgan fingerprint density at radius 3 is 1.20 bits per heavy atom. The summed E-state index contributed by atoms with van der Waals surface area (Å²) in [6.07, 6.45) is 6.98. The average molecular weight is 2190 g/mol. The Bertz CT molecular complexity index is 4760. The number of aromatic nitrogens is 2. The Morgan fingerprint density at radius 2 is 0.793 bits per heavy atom. The molecule has 18 atom stereocenters. The number of amides is 17. The van der Waals surface area contributed by atoms with Crippen LogP contribution in [0.4, 0.5) is 0 Å². The van der Waals surface area contributed by atoms with Crippen LogP contribution in [0.1, 0.15) is 168 Å². The number of nitrogens with two attached hydrogens (primary N) is 7. The maximum Gasteiger partial charge on any atom is 0.326 e. The fourth-order valence-electron chi connectivity index (χ4n) is 15.2. The summed E-state index contributed by atoms with van der Waals surface area (Å²) in [7, 11) is 0. The van der Waals surface area contributed by atoms with Gasteiger partial charge in [-0.15, -0.1) is 0 Å². The quantitative estimate of drug-likeness (QED) is 0.0127. The molecule has 840 valence electrons. The van der Waals surface area contributed by atoms with Crippen LogP contribution < -0.4 is 152 Å². The number of guanidine groups is 5. The normalized spacial score (nSPS) is 15.4. The number of aliphatic carboxylic acids is 1. The summed E-state index contributed by atoms with van der Waals surface area (Å²) in [4.78, 5) is 264. The molecule has 0 radical (unpaired) electrons. The van der Waals surface area contributed by atoms with Crippen molar-refractivity contribution in [2.24, 2.45) is 52.0 Å². The van der Waals surface area contributed by atoms with Gasteiger partial charge in [-0.05, 0) is 164 Å². The van der Waals surface area contributed by atoms with E-state index < -0.39 is 246 Å². The first-order valence-corrected chi connectivity index (χ1v) is 53.7. The summed E-state index contributed by atoms with van der Waals surface area (Å²) < 4.78 is 0. The smallest absolute Gasteiger partial charge is 0.326 e. The molecule has 59 heteroatoms. The highest BCUT2D eigenvalue weighted by atomic mass is 32.2. The second-order valence-electron chi connectivity index (χ2n) is 35.9. The van der Waals surface area contributed by atoms with Crippen molar-refractivity contribution < 1.29 is 91.4 Å². The van der Waals surface area contributed by atoms with Crippen molar-refractivity contribution in [2.75, 3.05) is 94.4 Å². The topological polar surface area (TPSA) is 913 Å². The van der Waals surface area contributed by atoms with E-state index in [1.165, 1.54) is 47.9 Å². The first kappa shape index (κ1) is 131. The molecule has 42 N–H and O–H groups in total. The molecule has 0 aliphatic carbocycles. The van der Waals surface area contributed by atoms with Crippen LogP contribution in [0.2, 0.25) is 0 Å². The SMILES string of the molecule is CC[C@H](C)[C@H](NC(=O)[C@H](CCCNC(=N)N)NC(=O)[C@H](CCSC)NC(=O)[C@H](Cc1ccccc1)NC(=O)CNC(=O)[C@H](C)NC(=O)[C@@H](N)CS)C(=O)N[C@@H](CCCNC(=N)N)C(=O)NCC(=O)N[C@@H](CCCNC(=N)N)C(=O)N[C@H](C(=O)N[C@@H](Cc1cnc[nH]1)C(=O)N1CCC[C@H]1C(=O)N[C@@H](CCCCN)C(=O)N[C@@H](CS)C(=O)N[C@@H](CCSC)C(=O)N[C@@H](CCCNC(=N)N)C(=O)N[C@@H](CCCNC(=N)N)C(=O)O)[C@@H](C)CC. The fourth-order valence-corrected chi connectivity index (χ4v) is 16.6. The largest absolute Gasteiger partial charge is 0.480 e. The number of hydrogen-bond acceptors (Lipinski definition) is 30. The second-order valence-corrected chi connectivity index (χ2v) is 38.6. The zero-order valence-corrected chi connectivity index (χ0v) is 89.3. The molecule has 0 saturated carbocycles. The fraction of sp³-hybridized carbons (Fsp3) is 0.648. The van der Waals surface area contributed by atoms with Crippen LogP contribution in [-0.4, -0.2) is 347 Å². The van der Waals surface area contributed by atoms with Crippen molar-refractivity contribution in [3.05, 3.63) is 54.1 Å². The first-order valence-electron chi connectivity index (χ1n) is 49.6. The van der Waals surface area contributed by atoms with E-state index in [1.54, 1.807) is 70.5 Å². The van der Waals surface area contributed by atoms with Crippen LogP contribution >= 0.6 is 48.8 Å². The lowest BCUT2D eigenvalue weighted by Crippen LogP contribution is -2.61. The van der Waals surface area contributed by atoms with Crippen LogP contribution in [0.3, 0.4) is 0 Å². The van der Waals surface area contributed by atoms with E-state index in [0.29, 0.717) is 17.7 Å². The number of likely N-dealkylation sites (tertiary alicyclic amines) is 1. The number of thioether (sulfide) groups is 2. The molecule has 0 unspecified atom stereocenters. The molecule has 1 saturated heterocycles. The van der Waals surface area contributed by atoms with Gasteiger partial charge in [0.05, 0.1) is 25.5 Å². The second kappa shape index (κ2) is 72.1. The van der Waals surface area contributed by atoms with Gasteiger partial charge in [-0.3, -0.25) is 109 Å². The Kier molecular flexibility index (Phi) is 62.8. The third kappa shape index (κ3) is 50.7. The highest BCUT2D eigenvalue weighted by molar-refractivity contribution is 7.98. The van der Waals surface area contributed by atoms with Crippen LogP contribution in [0.5, 0.6) is 0 Å². The molecule has 0 bridgehead atoms. The van der Waals surface area contributed by atoms with Gasteiger partial charge in [-0.25, -0.2) is 9.78 Å². The maximum absolute atomic E-state index is 15.3. The summed E-state index contributed by atoms with van der Waals surface area (Å²) in [5.41, 5.74) is 40.1. The molecule has 1 aliphatic rings. The number of thiol groups is 2. The van der Waals surface area contributed by atoms with Crippen molar-refractivity contribution in [3.63, 3.8) is 0 Å². The Morgan fingerprint density at radius 1 is 0.427 bits per heavy atom. The van der Waals surface area contributed by atoms with E-state index in [0.717, 1.165) is 0 Å². The molecule has 1 fully saturated rings. The lowest BCUT2D eigenvalue weighted by molar-refractivity contribution is -0.143. The van der Waals surface area contributed by atoms with Gasteiger partial charge in [-0.1, -0.05) is 70.9 Å². The molecule has 0 spiro atoms. The molecule has 1 aliphatic heterocycles. The van der Waals surface area contributed by atoms with Crippen LogP contribution in [0, 0.1) is 38.9 Å².